The molecule has 21 heavy (non-hydrogen) atoms. The van der Waals surface area contributed by atoms with Crippen molar-refractivity contribution in [2.45, 2.75) is 44.9 Å². The van der Waals surface area contributed by atoms with Gasteiger partial charge in [0.2, 0.25) is 11.8 Å². The largest absolute Gasteiger partial charge is 0.296 e. The number of benzene rings is 1. The van der Waals surface area contributed by atoms with E-state index in [-0.39, 0.29) is 29.0 Å². The molecule has 1 heterocycles. The standard InChI is InChI=1S/C17H20FNO2/c1-2-12-4-3-9-17(12)10-14(20)19-16(21)15(17)11-5-7-13(18)8-6-11/h5-8,12,15H,2-4,9-10H2,1H3,(H,19,20,21). The number of piperidine rings is 1. The van der Waals surface area contributed by atoms with E-state index in [1.54, 1.807) is 12.1 Å². The molecule has 1 aromatic rings. The van der Waals surface area contributed by atoms with Gasteiger partial charge in [0.05, 0.1) is 5.92 Å². The predicted octanol–water partition coefficient (Wildman–Crippen LogP) is 3.15. The lowest BCUT2D eigenvalue weighted by molar-refractivity contribution is -0.141. The minimum Gasteiger partial charge on any atom is -0.296 e. The number of carbonyl (C=O) groups is 2. The minimum atomic E-state index is -0.344. The molecule has 3 unspecified atom stereocenters. The lowest BCUT2D eigenvalue weighted by Gasteiger charge is -2.44. The molecule has 3 atom stereocenters. The second-order valence-electron chi connectivity index (χ2n) is 6.30. The number of nitrogens with one attached hydrogen (secondary N) is 1. The zero-order valence-corrected chi connectivity index (χ0v) is 12.2. The number of carbonyl (C=O) groups excluding carboxylic acids is 2. The van der Waals surface area contributed by atoms with Crippen molar-refractivity contribution in [3.05, 3.63) is 35.6 Å². The zero-order chi connectivity index (χ0) is 15.0. The van der Waals surface area contributed by atoms with E-state index >= 15 is 0 Å². The van der Waals surface area contributed by atoms with Crippen molar-refractivity contribution >= 4 is 11.8 Å². The molecule has 1 N–H and O–H groups in total. The first kappa shape index (κ1) is 14.2. The first-order valence-corrected chi connectivity index (χ1v) is 7.66. The van der Waals surface area contributed by atoms with Crippen molar-refractivity contribution in [3.8, 4) is 0 Å². The van der Waals surface area contributed by atoms with Gasteiger partial charge in [-0.15, -0.1) is 0 Å². The predicted molar refractivity (Wildman–Crippen MR) is 77.0 cm³/mol. The number of hydrogen-bond donors (Lipinski definition) is 1. The molecule has 0 bridgehead atoms. The third-order valence-electron chi connectivity index (χ3n) is 5.29. The Bertz CT molecular complexity index is 569. The van der Waals surface area contributed by atoms with Gasteiger partial charge in [-0.2, -0.15) is 0 Å². The molecule has 1 aliphatic heterocycles. The van der Waals surface area contributed by atoms with Crippen LogP contribution in [-0.2, 0) is 9.59 Å². The average molecular weight is 289 g/mol. The Hall–Kier alpha value is -1.71. The zero-order valence-electron chi connectivity index (χ0n) is 12.2. The molecule has 1 aromatic carbocycles. The summed E-state index contributed by atoms with van der Waals surface area (Å²) in [5.74, 6) is -0.665. The highest BCUT2D eigenvalue weighted by Crippen LogP contribution is 2.57. The van der Waals surface area contributed by atoms with Crippen LogP contribution >= 0.6 is 0 Å². The van der Waals surface area contributed by atoms with Crippen LogP contribution in [0.15, 0.2) is 24.3 Å². The summed E-state index contributed by atoms with van der Waals surface area (Å²) >= 11 is 0. The van der Waals surface area contributed by atoms with Crippen LogP contribution in [0, 0.1) is 17.2 Å². The summed E-state index contributed by atoms with van der Waals surface area (Å²) in [6.45, 7) is 2.12. The highest BCUT2D eigenvalue weighted by atomic mass is 19.1. The van der Waals surface area contributed by atoms with Crippen molar-refractivity contribution in [1.29, 1.82) is 0 Å². The van der Waals surface area contributed by atoms with Gasteiger partial charge in [-0.25, -0.2) is 4.39 Å². The van der Waals surface area contributed by atoms with Gasteiger partial charge in [0.1, 0.15) is 5.82 Å². The summed E-state index contributed by atoms with van der Waals surface area (Å²) in [6, 6.07) is 6.15. The van der Waals surface area contributed by atoms with Crippen molar-refractivity contribution in [1.82, 2.24) is 5.32 Å². The van der Waals surface area contributed by atoms with Crippen LogP contribution in [-0.4, -0.2) is 11.8 Å². The minimum absolute atomic E-state index is 0.168. The fourth-order valence-corrected chi connectivity index (χ4v) is 4.45. The van der Waals surface area contributed by atoms with E-state index in [0.717, 1.165) is 31.2 Å². The summed E-state index contributed by atoms with van der Waals surface area (Å²) < 4.78 is 13.2. The second kappa shape index (κ2) is 5.24. The van der Waals surface area contributed by atoms with Gasteiger partial charge in [-0.05, 0) is 41.9 Å². The summed E-state index contributed by atoms with van der Waals surface area (Å²) in [6.07, 6.45) is 4.38. The van der Waals surface area contributed by atoms with Gasteiger partial charge in [-0.1, -0.05) is 31.9 Å². The van der Waals surface area contributed by atoms with Crippen molar-refractivity contribution in [3.63, 3.8) is 0 Å². The van der Waals surface area contributed by atoms with Gasteiger partial charge in [0.25, 0.3) is 0 Å². The molecular weight excluding hydrogens is 269 g/mol. The molecule has 3 rings (SSSR count). The molecule has 3 nitrogen and oxygen atoms in total. The SMILES string of the molecule is CCC1CCCC12CC(=O)NC(=O)C2c1ccc(F)cc1. The van der Waals surface area contributed by atoms with Crippen LogP contribution in [0.1, 0.15) is 50.5 Å². The Labute approximate surface area is 123 Å². The fourth-order valence-electron chi connectivity index (χ4n) is 4.45. The van der Waals surface area contributed by atoms with E-state index in [4.69, 9.17) is 0 Å². The van der Waals surface area contributed by atoms with E-state index in [1.165, 1.54) is 12.1 Å². The summed E-state index contributed by atoms with van der Waals surface area (Å²) in [7, 11) is 0. The molecule has 1 aliphatic carbocycles. The van der Waals surface area contributed by atoms with Gasteiger partial charge >= 0.3 is 0 Å². The van der Waals surface area contributed by atoms with Gasteiger partial charge in [-0.3, -0.25) is 14.9 Å². The topological polar surface area (TPSA) is 46.2 Å². The summed E-state index contributed by atoms with van der Waals surface area (Å²) in [5.41, 5.74) is 0.535. The summed E-state index contributed by atoms with van der Waals surface area (Å²) in [5, 5.41) is 2.47. The molecule has 1 spiro atoms. The van der Waals surface area contributed by atoms with Crippen LogP contribution in [0.3, 0.4) is 0 Å². The normalized spacial score (nSPS) is 32.5. The Balaban J connectivity index is 2.07. The van der Waals surface area contributed by atoms with Gasteiger partial charge < -0.3 is 0 Å². The molecular formula is C17H20FNO2. The molecule has 0 aromatic heterocycles. The molecule has 1 saturated heterocycles. The second-order valence-corrected chi connectivity index (χ2v) is 6.30. The van der Waals surface area contributed by atoms with Crippen LogP contribution in [0.5, 0.6) is 0 Å². The smallest absolute Gasteiger partial charge is 0.234 e. The lowest BCUT2D eigenvalue weighted by Crippen LogP contribution is -2.52. The fraction of sp³-hybridized carbons (Fsp3) is 0.529. The molecule has 0 radical (unpaired) electrons. The van der Waals surface area contributed by atoms with E-state index in [1.807, 2.05) is 0 Å². The number of imide groups is 1. The quantitative estimate of drug-likeness (QED) is 0.850. The molecule has 2 fully saturated rings. The monoisotopic (exact) mass is 289 g/mol. The van der Waals surface area contributed by atoms with Gasteiger partial charge in [0, 0.05) is 6.42 Å². The number of amides is 2. The maximum Gasteiger partial charge on any atom is 0.234 e. The first-order valence-electron chi connectivity index (χ1n) is 7.66. The maximum absolute atomic E-state index is 13.2. The Morgan fingerprint density at radius 1 is 1.29 bits per heavy atom. The van der Waals surface area contributed by atoms with Crippen molar-refractivity contribution in [2.24, 2.45) is 11.3 Å². The highest BCUT2D eigenvalue weighted by Gasteiger charge is 2.54. The first-order chi connectivity index (χ1) is 10.1. The van der Waals surface area contributed by atoms with Crippen LogP contribution in [0.25, 0.3) is 0 Å². The molecule has 4 heteroatoms. The Morgan fingerprint density at radius 3 is 2.67 bits per heavy atom. The van der Waals surface area contributed by atoms with E-state index in [2.05, 4.69) is 12.2 Å². The van der Waals surface area contributed by atoms with Crippen LogP contribution in [0.4, 0.5) is 4.39 Å². The Kier molecular flexibility index (Phi) is 3.56. The van der Waals surface area contributed by atoms with Crippen LogP contribution in [0.2, 0.25) is 0 Å². The Morgan fingerprint density at radius 2 is 2.00 bits per heavy atom. The van der Waals surface area contributed by atoms with Gasteiger partial charge in [0.15, 0.2) is 0 Å². The maximum atomic E-state index is 13.2. The van der Waals surface area contributed by atoms with E-state index in [9.17, 15) is 14.0 Å². The molecule has 112 valence electrons. The highest BCUT2D eigenvalue weighted by molar-refractivity contribution is 6.02. The number of rotatable bonds is 2. The van der Waals surface area contributed by atoms with E-state index < -0.39 is 0 Å². The third-order valence-corrected chi connectivity index (χ3v) is 5.29. The molecule has 1 saturated carbocycles. The van der Waals surface area contributed by atoms with E-state index in [0.29, 0.717) is 12.3 Å². The third kappa shape index (κ3) is 2.27. The molecule has 2 amide bonds. The molecule has 2 aliphatic rings. The van der Waals surface area contributed by atoms with Crippen molar-refractivity contribution < 1.29 is 14.0 Å². The summed E-state index contributed by atoms with van der Waals surface area (Å²) in [4.78, 5) is 24.4. The number of hydrogen-bond acceptors (Lipinski definition) is 2. The van der Waals surface area contributed by atoms with Crippen LogP contribution < -0.4 is 5.32 Å². The number of halogens is 1. The lowest BCUT2D eigenvalue weighted by atomic mass is 9.61. The average Bonchev–Trinajstić information content (AvgIpc) is 2.82. The van der Waals surface area contributed by atoms with Crippen molar-refractivity contribution in [2.75, 3.05) is 0 Å².